The second-order valence-electron chi connectivity index (χ2n) is 6.14. The Balaban J connectivity index is 1.51. The van der Waals surface area contributed by atoms with Gasteiger partial charge >= 0.3 is 0 Å². The molecule has 0 spiro atoms. The number of aryl methyl sites for hydroxylation is 1. The average Bonchev–Trinajstić information content (AvgIpc) is 3.04. The fraction of sp³-hybridized carbons (Fsp3) is 0.800. The first kappa shape index (κ1) is 14.4. The summed E-state index contributed by atoms with van der Waals surface area (Å²) in [7, 11) is 0. The van der Waals surface area contributed by atoms with Gasteiger partial charge in [-0.1, -0.05) is 19.3 Å². The highest BCUT2D eigenvalue weighted by Crippen LogP contribution is 2.17. The van der Waals surface area contributed by atoms with Gasteiger partial charge in [-0.25, -0.2) is 0 Å². The number of hydrogen-bond donors (Lipinski definition) is 2. The number of rotatable bonds is 4. The molecule has 0 atom stereocenters. The Morgan fingerprint density at radius 1 is 1.19 bits per heavy atom. The first-order valence-corrected chi connectivity index (χ1v) is 8.30. The number of fused-ring (bicyclic) bond motifs is 1. The molecule has 1 aliphatic heterocycles. The van der Waals surface area contributed by atoms with Gasteiger partial charge in [0.2, 0.25) is 0 Å². The van der Waals surface area contributed by atoms with Gasteiger partial charge in [-0.3, -0.25) is 4.99 Å². The molecule has 2 aliphatic rings. The van der Waals surface area contributed by atoms with Crippen molar-refractivity contribution in [3.63, 3.8) is 0 Å². The highest BCUT2D eigenvalue weighted by atomic mass is 15.3. The third-order valence-corrected chi connectivity index (χ3v) is 4.51. The smallest absolute Gasteiger partial charge is 0.188 e. The van der Waals surface area contributed by atoms with Crippen molar-refractivity contribution in [2.75, 3.05) is 6.54 Å². The van der Waals surface area contributed by atoms with Crippen LogP contribution in [-0.4, -0.2) is 33.3 Å². The molecular formula is C15H26N6. The molecule has 6 heteroatoms. The molecule has 0 aromatic carbocycles. The van der Waals surface area contributed by atoms with E-state index in [9.17, 15) is 0 Å². The highest BCUT2D eigenvalue weighted by molar-refractivity contribution is 5.78. The van der Waals surface area contributed by atoms with Gasteiger partial charge in [-0.15, -0.1) is 10.2 Å². The lowest BCUT2D eigenvalue weighted by molar-refractivity contribution is 0.603. The van der Waals surface area contributed by atoms with E-state index in [4.69, 9.17) is 5.73 Å². The van der Waals surface area contributed by atoms with Gasteiger partial charge < -0.3 is 15.6 Å². The maximum Gasteiger partial charge on any atom is 0.188 e. The standard InChI is InChI=1S/C15H26N6/c16-15(18-12-6-3-4-7-12)17-10-9-14-20-19-13-8-2-1-5-11-21(13)14/h12H,1-11H2,(H3,16,17,18). The van der Waals surface area contributed by atoms with E-state index in [2.05, 4.69) is 25.1 Å². The molecule has 6 nitrogen and oxygen atoms in total. The van der Waals surface area contributed by atoms with Gasteiger partial charge in [0.1, 0.15) is 11.6 Å². The van der Waals surface area contributed by atoms with Gasteiger partial charge in [0.15, 0.2) is 5.96 Å². The first-order chi connectivity index (χ1) is 10.3. The normalized spacial score (nSPS) is 20.3. The van der Waals surface area contributed by atoms with Gasteiger partial charge in [-0.2, -0.15) is 0 Å². The number of nitrogens with zero attached hydrogens (tertiary/aromatic N) is 4. The van der Waals surface area contributed by atoms with Crippen LogP contribution in [-0.2, 0) is 19.4 Å². The molecule has 1 saturated carbocycles. The summed E-state index contributed by atoms with van der Waals surface area (Å²) in [6.07, 6.45) is 10.7. The predicted molar refractivity (Wildman–Crippen MR) is 83.2 cm³/mol. The number of nitrogens with one attached hydrogen (secondary N) is 1. The molecule has 3 rings (SSSR count). The lowest BCUT2D eigenvalue weighted by Gasteiger charge is -2.12. The van der Waals surface area contributed by atoms with E-state index < -0.39 is 0 Å². The lowest BCUT2D eigenvalue weighted by atomic mass is 10.2. The molecule has 21 heavy (non-hydrogen) atoms. The molecule has 1 aromatic heterocycles. The molecule has 1 aliphatic carbocycles. The maximum absolute atomic E-state index is 5.95. The fourth-order valence-electron chi connectivity index (χ4n) is 3.33. The van der Waals surface area contributed by atoms with Crippen LogP contribution in [0.2, 0.25) is 0 Å². The van der Waals surface area contributed by atoms with Crippen LogP contribution in [0.5, 0.6) is 0 Å². The van der Waals surface area contributed by atoms with Crippen molar-refractivity contribution in [3.05, 3.63) is 11.6 Å². The van der Waals surface area contributed by atoms with Gasteiger partial charge in [-0.05, 0) is 25.7 Å². The van der Waals surface area contributed by atoms with Crippen molar-refractivity contribution >= 4 is 5.96 Å². The van der Waals surface area contributed by atoms with E-state index in [1.54, 1.807) is 0 Å². The van der Waals surface area contributed by atoms with E-state index in [1.807, 2.05) is 0 Å². The third kappa shape index (κ3) is 3.74. The number of aromatic nitrogens is 3. The Kier molecular flexibility index (Phi) is 4.72. The molecular weight excluding hydrogens is 264 g/mol. The summed E-state index contributed by atoms with van der Waals surface area (Å²) in [6.45, 7) is 1.74. The second-order valence-corrected chi connectivity index (χ2v) is 6.14. The predicted octanol–water partition coefficient (Wildman–Crippen LogP) is 1.39. The maximum atomic E-state index is 5.95. The minimum absolute atomic E-state index is 0.526. The molecule has 1 fully saturated rings. The van der Waals surface area contributed by atoms with Crippen LogP contribution in [0, 0.1) is 0 Å². The molecule has 0 radical (unpaired) electrons. The number of nitrogens with two attached hydrogens (primary N) is 1. The molecule has 0 saturated heterocycles. The molecule has 116 valence electrons. The van der Waals surface area contributed by atoms with E-state index in [1.165, 1.54) is 44.9 Å². The van der Waals surface area contributed by atoms with Gasteiger partial charge in [0.05, 0.1) is 0 Å². The van der Waals surface area contributed by atoms with Crippen LogP contribution in [0.1, 0.15) is 56.6 Å². The lowest BCUT2D eigenvalue weighted by Crippen LogP contribution is -2.38. The SMILES string of the molecule is NC(=NCCc1nnc2n1CCCCC2)NC1CCCC1. The summed E-state index contributed by atoms with van der Waals surface area (Å²) >= 11 is 0. The van der Waals surface area contributed by atoms with Gasteiger partial charge in [0, 0.05) is 32.0 Å². The molecule has 0 unspecified atom stereocenters. The first-order valence-electron chi connectivity index (χ1n) is 8.30. The largest absolute Gasteiger partial charge is 0.370 e. The van der Waals surface area contributed by atoms with Crippen molar-refractivity contribution in [1.29, 1.82) is 0 Å². The number of hydrogen-bond acceptors (Lipinski definition) is 3. The van der Waals surface area contributed by atoms with Crippen molar-refractivity contribution in [1.82, 2.24) is 20.1 Å². The van der Waals surface area contributed by atoms with Crippen LogP contribution in [0.25, 0.3) is 0 Å². The quantitative estimate of drug-likeness (QED) is 0.648. The molecule has 3 N–H and O–H groups in total. The monoisotopic (exact) mass is 290 g/mol. The summed E-state index contributed by atoms with van der Waals surface area (Å²) in [5.74, 6) is 2.78. The molecule has 1 aromatic rings. The van der Waals surface area contributed by atoms with Crippen molar-refractivity contribution in [2.45, 2.75) is 70.4 Å². The fourth-order valence-corrected chi connectivity index (χ4v) is 3.33. The summed E-state index contributed by atoms with van der Waals surface area (Å²) < 4.78 is 2.28. The third-order valence-electron chi connectivity index (χ3n) is 4.51. The Morgan fingerprint density at radius 3 is 2.90 bits per heavy atom. The zero-order chi connectivity index (χ0) is 14.5. The second kappa shape index (κ2) is 6.91. The van der Waals surface area contributed by atoms with Gasteiger partial charge in [0.25, 0.3) is 0 Å². The average molecular weight is 290 g/mol. The van der Waals surface area contributed by atoms with E-state index in [0.717, 1.165) is 31.0 Å². The highest BCUT2D eigenvalue weighted by Gasteiger charge is 2.16. The molecule has 0 bridgehead atoms. The van der Waals surface area contributed by atoms with Crippen LogP contribution < -0.4 is 11.1 Å². The van der Waals surface area contributed by atoms with Crippen LogP contribution in [0.15, 0.2) is 4.99 Å². The molecule has 2 heterocycles. The van der Waals surface area contributed by atoms with Crippen LogP contribution >= 0.6 is 0 Å². The summed E-state index contributed by atoms with van der Waals surface area (Å²) in [5.41, 5.74) is 5.95. The zero-order valence-electron chi connectivity index (χ0n) is 12.7. The van der Waals surface area contributed by atoms with Crippen molar-refractivity contribution in [2.24, 2.45) is 10.7 Å². The van der Waals surface area contributed by atoms with Crippen LogP contribution in [0.3, 0.4) is 0 Å². The number of guanidine groups is 1. The summed E-state index contributed by atoms with van der Waals surface area (Å²) in [5, 5.41) is 12.0. The molecule has 0 amide bonds. The summed E-state index contributed by atoms with van der Waals surface area (Å²) in [4.78, 5) is 4.44. The zero-order valence-corrected chi connectivity index (χ0v) is 12.7. The Labute approximate surface area is 126 Å². The Bertz CT molecular complexity index is 486. The number of aliphatic imine (C=N–C) groups is 1. The Hall–Kier alpha value is -1.59. The minimum atomic E-state index is 0.526. The van der Waals surface area contributed by atoms with E-state index >= 15 is 0 Å². The van der Waals surface area contributed by atoms with Crippen molar-refractivity contribution < 1.29 is 0 Å². The minimum Gasteiger partial charge on any atom is -0.370 e. The van der Waals surface area contributed by atoms with E-state index in [-0.39, 0.29) is 0 Å². The topological polar surface area (TPSA) is 81.1 Å². The Morgan fingerprint density at radius 2 is 2.05 bits per heavy atom. The van der Waals surface area contributed by atoms with E-state index in [0.29, 0.717) is 18.5 Å². The van der Waals surface area contributed by atoms with Crippen molar-refractivity contribution in [3.8, 4) is 0 Å². The summed E-state index contributed by atoms with van der Waals surface area (Å²) in [6, 6.07) is 0.526. The van der Waals surface area contributed by atoms with Crippen LogP contribution in [0.4, 0.5) is 0 Å².